The molecule has 1 N–H and O–H groups in total. The zero-order chi connectivity index (χ0) is 20.5. The molecule has 2 amide bonds. The van der Waals surface area contributed by atoms with Crippen LogP contribution in [-0.2, 0) is 21.4 Å². The van der Waals surface area contributed by atoms with Crippen molar-refractivity contribution in [2.45, 2.75) is 45.4 Å². The van der Waals surface area contributed by atoms with Crippen molar-refractivity contribution >= 4 is 40.2 Å². The van der Waals surface area contributed by atoms with Gasteiger partial charge in [-0.15, -0.1) is 0 Å². The van der Waals surface area contributed by atoms with Crippen molar-refractivity contribution in [3.8, 4) is 0 Å². The summed E-state index contributed by atoms with van der Waals surface area (Å²) in [6, 6.07) is 4.84. The van der Waals surface area contributed by atoms with Crippen molar-refractivity contribution < 1.29 is 14.5 Å². The van der Waals surface area contributed by atoms with E-state index in [0.29, 0.717) is 17.8 Å². The highest BCUT2D eigenvalue weighted by Crippen LogP contribution is 2.46. The van der Waals surface area contributed by atoms with Crippen LogP contribution in [0.15, 0.2) is 29.0 Å². The van der Waals surface area contributed by atoms with Gasteiger partial charge in [-0.25, -0.2) is 0 Å². The fourth-order valence-electron chi connectivity index (χ4n) is 3.43. The molecule has 0 radical (unpaired) electrons. The summed E-state index contributed by atoms with van der Waals surface area (Å²) in [5, 5.41) is 18.0. The summed E-state index contributed by atoms with van der Waals surface area (Å²) in [4.78, 5) is 38.0. The molecule has 0 aliphatic carbocycles. The number of carbonyl (C=O) groups excluding carboxylic acids is 2. The normalized spacial score (nSPS) is 14.8. The molecule has 7 nitrogen and oxygen atoms in total. The van der Waals surface area contributed by atoms with Gasteiger partial charge in [-0.3, -0.25) is 19.7 Å². The van der Waals surface area contributed by atoms with Gasteiger partial charge in [0.2, 0.25) is 11.8 Å². The predicted molar refractivity (Wildman–Crippen MR) is 110 cm³/mol. The van der Waals surface area contributed by atoms with E-state index in [1.807, 2.05) is 37.6 Å². The summed E-state index contributed by atoms with van der Waals surface area (Å²) in [6.45, 7) is 6.17. The fourth-order valence-corrected chi connectivity index (χ4v) is 4.09. The molecule has 0 fully saturated rings. The monoisotopic (exact) mass is 401 g/mol. The third-order valence-corrected chi connectivity index (χ3v) is 5.74. The molecule has 28 heavy (non-hydrogen) atoms. The molecule has 2 heterocycles. The number of nitrogens with one attached hydrogen (secondary N) is 1. The highest BCUT2D eigenvalue weighted by atomic mass is 32.1. The van der Waals surface area contributed by atoms with E-state index >= 15 is 0 Å². The first-order valence-electron chi connectivity index (χ1n) is 9.21. The Morgan fingerprint density at radius 1 is 1.36 bits per heavy atom. The van der Waals surface area contributed by atoms with Gasteiger partial charge in [0.05, 0.1) is 22.4 Å². The molecule has 2 aromatic rings. The smallest absolute Gasteiger partial charge is 0.294 e. The Bertz CT molecular complexity index is 922. The molecule has 0 spiro atoms. The molecule has 1 aromatic carbocycles. The summed E-state index contributed by atoms with van der Waals surface area (Å²) in [5.74, 6) is -0.404. The first-order chi connectivity index (χ1) is 13.3. The SMILES string of the molecule is CCCCN1C(=O)C(C)(C)c2cc(NC(=O)Cc3ccsc3)c([N+](=O)[O-])cc21. The van der Waals surface area contributed by atoms with Gasteiger partial charge in [0, 0.05) is 12.6 Å². The largest absolute Gasteiger partial charge is 0.320 e. The Kier molecular flexibility index (Phi) is 5.51. The van der Waals surface area contributed by atoms with E-state index < -0.39 is 10.3 Å². The van der Waals surface area contributed by atoms with Gasteiger partial charge in [-0.05, 0) is 54.3 Å². The van der Waals surface area contributed by atoms with Crippen molar-refractivity contribution in [1.29, 1.82) is 0 Å². The Morgan fingerprint density at radius 2 is 2.11 bits per heavy atom. The van der Waals surface area contributed by atoms with Gasteiger partial charge in [0.15, 0.2) is 0 Å². The summed E-state index contributed by atoms with van der Waals surface area (Å²) < 4.78 is 0. The first-order valence-corrected chi connectivity index (χ1v) is 10.2. The standard InChI is InChI=1S/C20H23N3O4S/c1-4-5-7-22-16-11-17(23(26)27)15(10-14(16)20(2,3)19(22)25)21-18(24)9-13-6-8-28-12-13/h6,8,10-12H,4-5,7,9H2,1-3H3,(H,21,24). The van der Waals surface area contributed by atoms with Crippen molar-refractivity contribution in [1.82, 2.24) is 0 Å². The van der Waals surface area contributed by atoms with Crippen LogP contribution in [0.25, 0.3) is 0 Å². The molecular formula is C20H23N3O4S. The van der Waals surface area contributed by atoms with E-state index in [1.54, 1.807) is 11.0 Å². The molecule has 1 aliphatic heterocycles. The Morgan fingerprint density at radius 3 is 2.71 bits per heavy atom. The lowest BCUT2D eigenvalue weighted by molar-refractivity contribution is -0.383. The van der Waals surface area contributed by atoms with Crippen LogP contribution >= 0.6 is 11.3 Å². The van der Waals surface area contributed by atoms with Crippen LogP contribution in [0.4, 0.5) is 17.1 Å². The third kappa shape index (κ3) is 3.64. The van der Waals surface area contributed by atoms with Crippen molar-refractivity contribution in [2.24, 2.45) is 0 Å². The molecule has 0 saturated heterocycles. The lowest BCUT2D eigenvalue weighted by atomic mass is 9.85. The van der Waals surface area contributed by atoms with Gasteiger partial charge in [-0.1, -0.05) is 13.3 Å². The van der Waals surface area contributed by atoms with Crippen molar-refractivity contribution in [2.75, 3.05) is 16.8 Å². The molecule has 0 bridgehead atoms. The molecule has 8 heteroatoms. The summed E-state index contributed by atoms with van der Waals surface area (Å²) in [7, 11) is 0. The van der Waals surface area contributed by atoms with Crippen LogP contribution in [0.1, 0.15) is 44.7 Å². The van der Waals surface area contributed by atoms with E-state index in [4.69, 9.17) is 0 Å². The van der Waals surface area contributed by atoms with Gasteiger partial charge in [0.25, 0.3) is 5.69 Å². The molecule has 0 atom stereocenters. The highest BCUT2D eigenvalue weighted by Gasteiger charge is 2.45. The number of unbranched alkanes of at least 4 members (excludes halogenated alkanes) is 1. The maximum Gasteiger partial charge on any atom is 0.294 e. The third-order valence-electron chi connectivity index (χ3n) is 5.01. The minimum absolute atomic E-state index is 0.0769. The van der Waals surface area contributed by atoms with Crippen LogP contribution < -0.4 is 10.2 Å². The summed E-state index contributed by atoms with van der Waals surface area (Å²) >= 11 is 1.49. The van der Waals surface area contributed by atoms with Crippen LogP contribution in [-0.4, -0.2) is 23.3 Å². The molecule has 0 saturated carbocycles. The van der Waals surface area contributed by atoms with E-state index in [-0.39, 0.29) is 29.6 Å². The zero-order valence-electron chi connectivity index (χ0n) is 16.2. The number of carbonyl (C=O) groups is 2. The number of fused-ring (bicyclic) bond motifs is 1. The number of benzene rings is 1. The molecule has 148 valence electrons. The molecule has 0 unspecified atom stereocenters. The zero-order valence-corrected chi connectivity index (χ0v) is 17.0. The second kappa shape index (κ2) is 7.71. The number of hydrogen-bond donors (Lipinski definition) is 1. The maximum atomic E-state index is 12.9. The number of anilines is 2. The van der Waals surface area contributed by atoms with Gasteiger partial charge >= 0.3 is 0 Å². The predicted octanol–water partition coefficient (Wildman–Crippen LogP) is 4.26. The molecule has 3 rings (SSSR count). The number of rotatable bonds is 7. The van der Waals surface area contributed by atoms with Gasteiger partial charge in [0.1, 0.15) is 5.69 Å². The number of amides is 2. The number of nitro benzene ring substituents is 1. The number of hydrogen-bond acceptors (Lipinski definition) is 5. The second-order valence-electron chi connectivity index (χ2n) is 7.44. The minimum Gasteiger partial charge on any atom is -0.320 e. The van der Waals surface area contributed by atoms with E-state index in [9.17, 15) is 19.7 Å². The van der Waals surface area contributed by atoms with E-state index in [1.165, 1.54) is 17.4 Å². The van der Waals surface area contributed by atoms with Gasteiger partial charge in [-0.2, -0.15) is 11.3 Å². The molecule has 1 aliphatic rings. The Balaban J connectivity index is 1.98. The maximum absolute atomic E-state index is 12.9. The first kappa shape index (κ1) is 20.0. The average molecular weight is 401 g/mol. The van der Waals surface area contributed by atoms with Crippen molar-refractivity contribution in [3.63, 3.8) is 0 Å². The number of thiophene rings is 1. The number of nitrogens with zero attached hydrogens (tertiary/aromatic N) is 2. The quantitative estimate of drug-likeness (QED) is 0.554. The van der Waals surface area contributed by atoms with E-state index in [2.05, 4.69) is 5.32 Å². The number of nitro groups is 1. The fraction of sp³-hybridized carbons (Fsp3) is 0.400. The van der Waals surface area contributed by atoms with Crippen LogP contribution in [0.5, 0.6) is 0 Å². The van der Waals surface area contributed by atoms with Gasteiger partial charge < -0.3 is 10.2 Å². The minimum atomic E-state index is -0.801. The lowest BCUT2D eigenvalue weighted by Crippen LogP contribution is -2.36. The molecule has 1 aromatic heterocycles. The van der Waals surface area contributed by atoms with Crippen LogP contribution in [0.2, 0.25) is 0 Å². The Hall–Kier alpha value is -2.74. The van der Waals surface area contributed by atoms with E-state index in [0.717, 1.165) is 18.4 Å². The Labute approximate surface area is 167 Å². The van der Waals surface area contributed by atoms with Crippen LogP contribution in [0.3, 0.4) is 0 Å². The second-order valence-corrected chi connectivity index (χ2v) is 8.22. The average Bonchev–Trinajstić information content (AvgIpc) is 3.19. The highest BCUT2D eigenvalue weighted by molar-refractivity contribution is 7.08. The molecular weight excluding hydrogens is 378 g/mol. The lowest BCUT2D eigenvalue weighted by Gasteiger charge is -2.19. The van der Waals surface area contributed by atoms with Crippen molar-refractivity contribution in [3.05, 3.63) is 50.2 Å². The summed E-state index contributed by atoms with van der Waals surface area (Å²) in [5.41, 5.74) is 1.24. The van der Waals surface area contributed by atoms with Crippen LogP contribution in [0, 0.1) is 10.1 Å². The topological polar surface area (TPSA) is 92.6 Å². The summed E-state index contributed by atoms with van der Waals surface area (Å²) in [6.07, 6.45) is 1.87.